The molecule has 2 aromatic carbocycles. The lowest BCUT2D eigenvalue weighted by Crippen LogP contribution is -2.74. The number of alkyl halides is 3. The summed E-state index contributed by atoms with van der Waals surface area (Å²) in [5, 5.41) is 0.498. The Balaban J connectivity index is 0.000000458. The summed E-state index contributed by atoms with van der Waals surface area (Å²) in [6.07, 6.45) is -1.50. The van der Waals surface area contributed by atoms with Crippen LogP contribution in [0.3, 0.4) is 0 Å². The molecule has 1 saturated heterocycles. The summed E-state index contributed by atoms with van der Waals surface area (Å²) >= 11 is 17.1. The summed E-state index contributed by atoms with van der Waals surface area (Å²) in [6, 6.07) is 15.6. The molecule has 3 aliphatic rings. The molecule has 3 unspecified atom stereocenters. The first-order chi connectivity index (χ1) is 17.4. The molecule has 0 saturated carbocycles. The van der Waals surface area contributed by atoms with E-state index in [0.717, 1.165) is 22.0 Å². The van der Waals surface area contributed by atoms with E-state index >= 15 is 0 Å². The van der Waals surface area contributed by atoms with E-state index in [1.165, 1.54) is 6.92 Å². The summed E-state index contributed by atoms with van der Waals surface area (Å²) in [5.41, 5.74) is 6.60. The highest BCUT2D eigenvalue weighted by molar-refractivity contribution is 8.13. The van der Waals surface area contributed by atoms with Gasteiger partial charge in [0.15, 0.2) is 6.17 Å². The van der Waals surface area contributed by atoms with Crippen molar-refractivity contribution in [2.24, 2.45) is 5.73 Å². The summed E-state index contributed by atoms with van der Waals surface area (Å²) in [7, 11) is 0. The van der Waals surface area contributed by atoms with E-state index in [4.69, 9.17) is 54.7 Å². The Morgan fingerprint density at radius 2 is 1.73 bits per heavy atom. The number of carbonyl (C=O) groups excluding carboxylic acids is 4. The number of benzene rings is 2. The molecule has 3 atom stereocenters. The molecule has 10 nitrogen and oxygen atoms in total. The second-order valence-electron chi connectivity index (χ2n) is 7.70. The van der Waals surface area contributed by atoms with E-state index in [2.05, 4.69) is 5.32 Å². The van der Waals surface area contributed by atoms with Gasteiger partial charge >= 0.3 is 11.3 Å². The third-order valence-corrected chi connectivity index (χ3v) is 6.19. The molecule has 14 heteroatoms. The van der Waals surface area contributed by atoms with Gasteiger partial charge in [-0.2, -0.15) is 0 Å². The number of nitrogens with zero attached hydrogens (tertiary/aromatic N) is 1. The Morgan fingerprint density at radius 3 is 2.22 bits per heavy atom. The van der Waals surface area contributed by atoms with E-state index in [1.807, 2.05) is 30.3 Å². The maximum Gasteiger partial charge on any atom is 0.369 e. The number of fused-ring (bicyclic) bond motifs is 2. The number of nitrogens with one attached hydrogen (secondary N) is 1. The minimum absolute atomic E-state index is 0.0480. The smallest absolute Gasteiger partial charge is 0.369 e. The van der Waals surface area contributed by atoms with Crippen molar-refractivity contribution in [3.05, 3.63) is 60.2 Å². The largest absolute Gasteiger partial charge is 0.458 e. The number of carbonyl (C=O) groups is 4. The highest BCUT2D eigenvalue weighted by atomic mass is 35.6. The SMILES string of the molecule is CC(=O)NC1C(=O)N(C(N)C(=O)OCc2ccccc2)C1SC(=O)OCC(Cl)(Cl)Cl.c1cc2cc(c1)O2. The molecule has 1 fully saturated rings. The van der Waals surface area contributed by atoms with Gasteiger partial charge in [-0.05, 0) is 29.5 Å². The number of hydrogen-bond donors (Lipinski definition) is 2. The van der Waals surface area contributed by atoms with Crippen LogP contribution in [-0.4, -0.2) is 56.0 Å². The number of β-lactam (4-membered cyclic amide) rings is 1. The number of amides is 2. The van der Waals surface area contributed by atoms with Crippen molar-refractivity contribution in [2.75, 3.05) is 6.61 Å². The van der Waals surface area contributed by atoms with Crippen LogP contribution in [0.25, 0.3) is 0 Å². The molecule has 5 rings (SSSR count). The second kappa shape index (κ2) is 12.7. The zero-order chi connectivity index (χ0) is 27.2. The summed E-state index contributed by atoms with van der Waals surface area (Å²) in [4.78, 5) is 49.1. The molecular weight excluding hydrogens is 569 g/mol. The van der Waals surface area contributed by atoms with Gasteiger partial charge in [0, 0.05) is 13.0 Å². The van der Waals surface area contributed by atoms with Gasteiger partial charge in [-0.3, -0.25) is 14.5 Å². The van der Waals surface area contributed by atoms with Gasteiger partial charge in [0.05, 0.1) is 0 Å². The molecule has 2 aromatic rings. The van der Waals surface area contributed by atoms with Gasteiger partial charge in [-0.25, -0.2) is 9.59 Å². The number of esters is 1. The topological polar surface area (TPSA) is 137 Å². The van der Waals surface area contributed by atoms with Gasteiger partial charge in [0.2, 0.25) is 9.70 Å². The average Bonchev–Trinajstić information content (AvgIpc) is 2.85. The molecule has 3 heterocycles. The molecule has 0 spiro atoms. The quantitative estimate of drug-likeness (QED) is 0.240. The van der Waals surface area contributed by atoms with Crippen molar-refractivity contribution in [2.45, 2.75) is 34.9 Å². The Bertz CT molecular complexity index is 1130. The predicted octanol–water partition coefficient (Wildman–Crippen LogP) is 3.72. The summed E-state index contributed by atoms with van der Waals surface area (Å²) in [5.74, 6) is -0.0711. The van der Waals surface area contributed by atoms with Gasteiger partial charge < -0.3 is 25.3 Å². The van der Waals surface area contributed by atoms with Crippen molar-refractivity contribution >= 4 is 69.6 Å². The second-order valence-corrected chi connectivity index (χ2v) is 11.3. The van der Waals surface area contributed by atoms with Crippen molar-refractivity contribution in [1.82, 2.24) is 10.2 Å². The molecule has 2 amide bonds. The number of ether oxygens (including phenoxy) is 3. The van der Waals surface area contributed by atoms with Crippen molar-refractivity contribution in [3.63, 3.8) is 0 Å². The average molecular weight is 591 g/mol. The zero-order valence-corrected chi connectivity index (χ0v) is 22.4. The molecule has 3 N–H and O–H groups in total. The van der Waals surface area contributed by atoms with Crippen molar-refractivity contribution in [1.29, 1.82) is 0 Å². The number of hydrogen-bond acceptors (Lipinski definition) is 9. The maximum absolute atomic E-state index is 12.4. The minimum Gasteiger partial charge on any atom is -0.458 e. The number of likely N-dealkylation sites (tertiary alicyclic amines) is 1. The summed E-state index contributed by atoms with van der Waals surface area (Å²) in [6.45, 7) is 0.626. The van der Waals surface area contributed by atoms with Crippen molar-refractivity contribution in [3.8, 4) is 11.5 Å². The highest BCUT2D eigenvalue weighted by Crippen LogP contribution is 2.34. The van der Waals surface area contributed by atoms with Crippen LogP contribution >= 0.6 is 46.6 Å². The van der Waals surface area contributed by atoms with E-state index in [1.54, 1.807) is 24.3 Å². The Hall–Kier alpha value is -2.70. The van der Waals surface area contributed by atoms with Gasteiger partial charge in [0.1, 0.15) is 36.1 Å². The van der Waals surface area contributed by atoms with Crippen LogP contribution in [0.15, 0.2) is 54.6 Å². The van der Waals surface area contributed by atoms with Crippen LogP contribution in [0.2, 0.25) is 0 Å². The van der Waals surface area contributed by atoms with E-state index in [0.29, 0.717) is 11.8 Å². The molecule has 3 aliphatic heterocycles. The number of rotatable bonds is 7. The maximum atomic E-state index is 12.4. The lowest BCUT2D eigenvalue weighted by Gasteiger charge is -2.47. The first-order valence-corrected chi connectivity index (χ1v) is 12.7. The van der Waals surface area contributed by atoms with E-state index in [9.17, 15) is 19.2 Å². The first kappa shape index (κ1) is 28.9. The van der Waals surface area contributed by atoms with Crippen LogP contribution in [0, 0.1) is 0 Å². The first-order valence-electron chi connectivity index (χ1n) is 10.7. The fourth-order valence-corrected chi connectivity index (χ4v) is 4.30. The lowest BCUT2D eigenvalue weighted by atomic mass is 10.1. The third kappa shape index (κ3) is 8.41. The number of nitrogens with two attached hydrogens (primary N) is 1. The lowest BCUT2D eigenvalue weighted by molar-refractivity contribution is -0.165. The molecule has 37 heavy (non-hydrogen) atoms. The molecule has 198 valence electrons. The normalized spacial score (nSPS) is 18.1. The molecule has 2 bridgehead atoms. The van der Waals surface area contributed by atoms with Gasteiger partial charge in [-0.1, -0.05) is 71.2 Å². The standard InChI is InChI=1S/C17H18Cl3N3O6S.C6H4O/c1-9(24)22-11-13(25)23(14(11)30-16(27)29-8-17(18,19)20)12(21)15(26)28-7-10-5-3-2-4-6-10;1-2-5-4-6(3-1)7-5/h2-6,11-12,14H,7-8,21H2,1H3,(H,22,24);1-4H. The fourth-order valence-electron chi connectivity index (χ4n) is 3.14. The highest BCUT2D eigenvalue weighted by Gasteiger charge is 2.54. The van der Waals surface area contributed by atoms with Gasteiger partial charge in [0.25, 0.3) is 5.91 Å². The Labute approximate surface area is 231 Å². The number of halogens is 3. The zero-order valence-electron chi connectivity index (χ0n) is 19.3. The Kier molecular flexibility index (Phi) is 9.91. The Morgan fingerprint density at radius 1 is 1.11 bits per heavy atom. The molecular formula is C23H22Cl3N3O7S. The third-order valence-electron chi connectivity index (χ3n) is 4.82. The van der Waals surface area contributed by atoms with Crippen LogP contribution < -0.4 is 15.8 Å². The predicted molar refractivity (Wildman–Crippen MR) is 138 cm³/mol. The summed E-state index contributed by atoms with van der Waals surface area (Å²) < 4.78 is 13.1. The minimum atomic E-state index is -1.82. The monoisotopic (exact) mass is 589 g/mol. The van der Waals surface area contributed by atoms with Crippen molar-refractivity contribution < 1.29 is 33.4 Å². The van der Waals surface area contributed by atoms with E-state index < -0.39 is 51.1 Å². The van der Waals surface area contributed by atoms with E-state index in [-0.39, 0.29) is 6.61 Å². The van der Waals surface area contributed by atoms with Crippen LogP contribution in [0.4, 0.5) is 4.79 Å². The van der Waals surface area contributed by atoms with Crippen LogP contribution in [-0.2, 0) is 30.5 Å². The molecule has 0 aliphatic carbocycles. The van der Waals surface area contributed by atoms with Crippen LogP contribution in [0.1, 0.15) is 12.5 Å². The number of thioether (sulfide) groups is 1. The molecule has 0 radical (unpaired) electrons. The van der Waals surface area contributed by atoms with Gasteiger partial charge in [-0.15, -0.1) is 0 Å². The molecule has 0 aromatic heterocycles. The fraction of sp³-hybridized carbons (Fsp3) is 0.304. The van der Waals surface area contributed by atoms with Crippen LogP contribution in [0.5, 0.6) is 11.5 Å².